The van der Waals surface area contributed by atoms with Gasteiger partial charge in [0.15, 0.2) is 0 Å². The van der Waals surface area contributed by atoms with Crippen LogP contribution < -0.4 is 5.32 Å². The molecular formula is C11H19N. The average Bonchev–Trinajstić information content (AvgIpc) is 2.47. The molecule has 0 aromatic rings. The SMILES string of the molecule is CC#CCCNC1(C)CCCC1. The quantitative estimate of drug-likeness (QED) is 0.500. The lowest BCUT2D eigenvalue weighted by Crippen LogP contribution is -2.39. The highest BCUT2D eigenvalue weighted by Gasteiger charge is 2.26. The molecule has 0 radical (unpaired) electrons. The average molecular weight is 165 g/mol. The third-order valence-electron chi connectivity index (χ3n) is 2.69. The van der Waals surface area contributed by atoms with E-state index in [9.17, 15) is 0 Å². The smallest absolute Gasteiger partial charge is 0.0214 e. The van der Waals surface area contributed by atoms with Gasteiger partial charge in [0.2, 0.25) is 0 Å². The van der Waals surface area contributed by atoms with E-state index in [4.69, 9.17) is 0 Å². The van der Waals surface area contributed by atoms with Crippen LogP contribution in [0.4, 0.5) is 0 Å². The summed E-state index contributed by atoms with van der Waals surface area (Å²) in [5.74, 6) is 5.99. The molecule has 1 heteroatoms. The minimum absolute atomic E-state index is 0.426. The molecule has 12 heavy (non-hydrogen) atoms. The van der Waals surface area contributed by atoms with Crippen LogP contribution in [-0.2, 0) is 0 Å². The standard InChI is InChI=1S/C11H19N/c1-3-4-7-10-12-11(2)8-5-6-9-11/h12H,5-10H2,1-2H3. The fourth-order valence-corrected chi connectivity index (χ4v) is 1.88. The topological polar surface area (TPSA) is 12.0 Å². The molecule has 1 aliphatic carbocycles. The lowest BCUT2D eigenvalue weighted by atomic mass is 10.0. The molecule has 0 saturated heterocycles. The Morgan fingerprint density at radius 3 is 2.58 bits per heavy atom. The van der Waals surface area contributed by atoms with Crippen LogP contribution in [0.25, 0.3) is 0 Å². The number of nitrogens with one attached hydrogen (secondary N) is 1. The van der Waals surface area contributed by atoms with Crippen molar-refractivity contribution in [1.82, 2.24) is 5.32 Å². The Hall–Kier alpha value is -0.480. The summed E-state index contributed by atoms with van der Waals surface area (Å²) in [5, 5.41) is 3.59. The minimum atomic E-state index is 0.426. The van der Waals surface area contributed by atoms with Gasteiger partial charge in [0, 0.05) is 18.5 Å². The molecule has 0 heterocycles. The van der Waals surface area contributed by atoms with Crippen LogP contribution in [0.15, 0.2) is 0 Å². The van der Waals surface area contributed by atoms with Crippen LogP contribution in [0.3, 0.4) is 0 Å². The summed E-state index contributed by atoms with van der Waals surface area (Å²) < 4.78 is 0. The van der Waals surface area contributed by atoms with Crippen LogP contribution in [0, 0.1) is 11.8 Å². The predicted octanol–water partition coefficient (Wildman–Crippen LogP) is 2.32. The number of hydrogen-bond donors (Lipinski definition) is 1. The maximum absolute atomic E-state index is 3.59. The second-order valence-corrected chi connectivity index (χ2v) is 3.87. The normalized spacial score (nSPS) is 20.2. The first kappa shape index (κ1) is 9.61. The van der Waals surface area contributed by atoms with Crippen molar-refractivity contribution >= 4 is 0 Å². The monoisotopic (exact) mass is 165 g/mol. The van der Waals surface area contributed by atoms with Gasteiger partial charge in [-0.1, -0.05) is 12.8 Å². The van der Waals surface area contributed by atoms with Gasteiger partial charge in [-0.05, 0) is 26.7 Å². The summed E-state index contributed by atoms with van der Waals surface area (Å²) in [6.07, 6.45) is 6.46. The van der Waals surface area contributed by atoms with Gasteiger partial charge in [-0.2, -0.15) is 0 Å². The molecule has 0 atom stereocenters. The molecule has 0 spiro atoms. The van der Waals surface area contributed by atoms with E-state index in [0.717, 1.165) is 13.0 Å². The molecule has 0 bridgehead atoms. The van der Waals surface area contributed by atoms with Crippen LogP contribution >= 0.6 is 0 Å². The van der Waals surface area contributed by atoms with E-state index in [1.165, 1.54) is 25.7 Å². The second kappa shape index (κ2) is 4.52. The van der Waals surface area contributed by atoms with Crippen molar-refractivity contribution in [2.24, 2.45) is 0 Å². The molecule has 1 fully saturated rings. The molecule has 1 N–H and O–H groups in total. The third kappa shape index (κ3) is 2.87. The first-order valence-corrected chi connectivity index (χ1v) is 4.91. The van der Waals surface area contributed by atoms with Crippen molar-refractivity contribution in [1.29, 1.82) is 0 Å². The number of rotatable bonds is 3. The fraction of sp³-hybridized carbons (Fsp3) is 0.818. The predicted molar refractivity (Wildman–Crippen MR) is 52.9 cm³/mol. The Morgan fingerprint density at radius 2 is 2.00 bits per heavy atom. The highest BCUT2D eigenvalue weighted by Crippen LogP contribution is 2.28. The molecule has 1 nitrogen and oxygen atoms in total. The summed E-state index contributed by atoms with van der Waals surface area (Å²) >= 11 is 0. The first-order chi connectivity index (χ1) is 5.77. The van der Waals surface area contributed by atoms with E-state index < -0.39 is 0 Å². The summed E-state index contributed by atoms with van der Waals surface area (Å²) in [4.78, 5) is 0. The molecular weight excluding hydrogens is 146 g/mol. The van der Waals surface area contributed by atoms with Gasteiger partial charge in [0.25, 0.3) is 0 Å². The summed E-state index contributed by atoms with van der Waals surface area (Å²) in [7, 11) is 0. The zero-order valence-corrected chi connectivity index (χ0v) is 8.24. The van der Waals surface area contributed by atoms with Gasteiger partial charge in [0.1, 0.15) is 0 Å². The molecule has 0 amide bonds. The van der Waals surface area contributed by atoms with Crippen molar-refractivity contribution in [3.63, 3.8) is 0 Å². The highest BCUT2D eigenvalue weighted by molar-refractivity contribution is 4.96. The van der Waals surface area contributed by atoms with Crippen molar-refractivity contribution < 1.29 is 0 Å². The van der Waals surface area contributed by atoms with Crippen molar-refractivity contribution in [3.05, 3.63) is 0 Å². The van der Waals surface area contributed by atoms with Gasteiger partial charge < -0.3 is 5.32 Å². The summed E-state index contributed by atoms with van der Waals surface area (Å²) in [5.41, 5.74) is 0.426. The minimum Gasteiger partial charge on any atom is -0.311 e. The molecule has 0 aromatic heterocycles. The van der Waals surface area contributed by atoms with E-state index in [2.05, 4.69) is 24.1 Å². The Labute approximate surface area is 75.9 Å². The first-order valence-electron chi connectivity index (χ1n) is 4.91. The van der Waals surface area contributed by atoms with Gasteiger partial charge in [-0.3, -0.25) is 0 Å². The largest absolute Gasteiger partial charge is 0.311 e. The van der Waals surface area contributed by atoms with Gasteiger partial charge in [-0.25, -0.2) is 0 Å². The Balaban J connectivity index is 2.15. The van der Waals surface area contributed by atoms with Gasteiger partial charge >= 0.3 is 0 Å². The maximum atomic E-state index is 3.59. The molecule has 0 aromatic carbocycles. The number of hydrogen-bond acceptors (Lipinski definition) is 1. The lowest BCUT2D eigenvalue weighted by Gasteiger charge is -2.24. The molecule has 0 aliphatic heterocycles. The van der Waals surface area contributed by atoms with Crippen LogP contribution in [-0.4, -0.2) is 12.1 Å². The highest BCUT2D eigenvalue weighted by atomic mass is 15.0. The summed E-state index contributed by atoms with van der Waals surface area (Å²) in [6.45, 7) is 5.29. The van der Waals surface area contributed by atoms with E-state index in [-0.39, 0.29) is 0 Å². The molecule has 68 valence electrons. The molecule has 1 saturated carbocycles. The van der Waals surface area contributed by atoms with E-state index in [1.807, 2.05) is 6.92 Å². The molecule has 1 aliphatic rings. The zero-order chi connectivity index (χ0) is 8.86. The third-order valence-corrected chi connectivity index (χ3v) is 2.69. The maximum Gasteiger partial charge on any atom is 0.0214 e. The van der Waals surface area contributed by atoms with Crippen LogP contribution in [0.2, 0.25) is 0 Å². The Bertz CT molecular complexity index is 179. The lowest BCUT2D eigenvalue weighted by molar-refractivity contribution is 0.370. The van der Waals surface area contributed by atoms with Gasteiger partial charge in [-0.15, -0.1) is 11.8 Å². The van der Waals surface area contributed by atoms with Crippen LogP contribution in [0.5, 0.6) is 0 Å². The Morgan fingerprint density at radius 1 is 1.33 bits per heavy atom. The zero-order valence-electron chi connectivity index (χ0n) is 8.24. The van der Waals surface area contributed by atoms with Crippen molar-refractivity contribution in [3.8, 4) is 11.8 Å². The van der Waals surface area contributed by atoms with E-state index >= 15 is 0 Å². The van der Waals surface area contributed by atoms with Crippen molar-refractivity contribution in [2.75, 3.05) is 6.54 Å². The second-order valence-electron chi connectivity index (χ2n) is 3.87. The van der Waals surface area contributed by atoms with E-state index in [0.29, 0.717) is 5.54 Å². The summed E-state index contributed by atoms with van der Waals surface area (Å²) in [6, 6.07) is 0. The fourth-order valence-electron chi connectivity index (χ4n) is 1.88. The molecule has 0 unspecified atom stereocenters. The van der Waals surface area contributed by atoms with Gasteiger partial charge in [0.05, 0.1) is 0 Å². The van der Waals surface area contributed by atoms with Crippen molar-refractivity contribution in [2.45, 2.75) is 51.5 Å². The Kier molecular flexibility index (Phi) is 3.62. The van der Waals surface area contributed by atoms with E-state index in [1.54, 1.807) is 0 Å². The van der Waals surface area contributed by atoms with Crippen LogP contribution in [0.1, 0.15) is 46.0 Å². The molecule has 1 rings (SSSR count).